The van der Waals surface area contributed by atoms with Gasteiger partial charge in [0, 0.05) is 11.6 Å². The Kier molecular flexibility index (Phi) is 4.77. The van der Waals surface area contributed by atoms with Gasteiger partial charge in [0.1, 0.15) is 17.3 Å². The van der Waals surface area contributed by atoms with Crippen LogP contribution < -0.4 is 14.8 Å². The van der Waals surface area contributed by atoms with E-state index in [1.54, 1.807) is 38.3 Å². The van der Waals surface area contributed by atoms with Crippen LogP contribution in [0.5, 0.6) is 11.5 Å². The van der Waals surface area contributed by atoms with Crippen molar-refractivity contribution >= 4 is 11.6 Å². The maximum absolute atomic E-state index is 13.2. The first-order valence-corrected chi connectivity index (χ1v) is 6.51. The minimum atomic E-state index is -0.416. The first-order valence-electron chi connectivity index (χ1n) is 6.51. The van der Waals surface area contributed by atoms with E-state index in [0.717, 1.165) is 0 Å². The number of methoxy groups -OCH3 is 1. The molecule has 0 saturated heterocycles. The Morgan fingerprint density at radius 2 is 1.90 bits per heavy atom. The molecule has 4 nitrogen and oxygen atoms in total. The van der Waals surface area contributed by atoms with Gasteiger partial charge < -0.3 is 14.8 Å². The lowest BCUT2D eigenvalue weighted by Crippen LogP contribution is -2.13. The molecular weight excluding hydrogens is 273 g/mol. The van der Waals surface area contributed by atoms with Crippen LogP contribution in [0.4, 0.5) is 10.1 Å². The first kappa shape index (κ1) is 14.8. The monoisotopic (exact) mass is 289 g/mol. The summed E-state index contributed by atoms with van der Waals surface area (Å²) in [5, 5.41) is 2.70. The second kappa shape index (κ2) is 6.74. The maximum Gasteiger partial charge on any atom is 0.255 e. The van der Waals surface area contributed by atoms with Crippen LogP contribution >= 0.6 is 0 Å². The molecule has 0 aliphatic heterocycles. The van der Waals surface area contributed by atoms with Gasteiger partial charge in [-0.25, -0.2) is 4.39 Å². The predicted molar refractivity (Wildman–Crippen MR) is 78.5 cm³/mol. The van der Waals surface area contributed by atoms with Gasteiger partial charge in [0.05, 0.1) is 19.4 Å². The van der Waals surface area contributed by atoms with Crippen molar-refractivity contribution < 1.29 is 18.7 Å². The van der Waals surface area contributed by atoms with Gasteiger partial charge in [-0.1, -0.05) is 0 Å². The zero-order chi connectivity index (χ0) is 15.2. The van der Waals surface area contributed by atoms with Gasteiger partial charge >= 0.3 is 0 Å². The van der Waals surface area contributed by atoms with Crippen LogP contribution in [-0.4, -0.2) is 19.6 Å². The normalized spacial score (nSPS) is 10.0. The van der Waals surface area contributed by atoms with Crippen LogP contribution in [0.3, 0.4) is 0 Å². The summed E-state index contributed by atoms with van der Waals surface area (Å²) in [5.41, 5.74) is 0.904. The van der Waals surface area contributed by atoms with Crippen LogP contribution in [0, 0.1) is 5.82 Å². The highest BCUT2D eigenvalue weighted by Gasteiger charge is 2.11. The lowest BCUT2D eigenvalue weighted by Gasteiger charge is -2.11. The number of nitrogens with one attached hydrogen (secondary N) is 1. The average Bonchev–Trinajstić information content (AvgIpc) is 2.50. The van der Waals surface area contributed by atoms with Gasteiger partial charge in [-0.15, -0.1) is 0 Å². The van der Waals surface area contributed by atoms with E-state index in [-0.39, 0.29) is 5.91 Å². The predicted octanol–water partition coefficient (Wildman–Crippen LogP) is 3.49. The van der Waals surface area contributed by atoms with E-state index in [4.69, 9.17) is 9.47 Å². The molecule has 2 rings (SSSR count). The highest BCUT2D eigenvalue weighted by Crippen LogP contribution is 2.26. The lowest BCUT2D eigenvalue weighted by molar-refractivity contribution is 0.102. The molecule has 0 aromatic heterocycles. The molecular formula is C16H16FNO3. The first-order chi connectivity index (χ1) is 10.1. The zero-order valence-electron chi connectivity index (χ0n) is 11.9. The molecule has 0 saturated carbocycles. The molecule has 2 aromatic rings. The highest BCUT2D eigenvalue weighted by atomic mass is 19.1. The van der Waals surface area contributed by atoms with E-state index in [0.29, 0.717) is 29.4 Å². The van der Waals surface area contributed by atoms with Crippen LogP contribution in [0.15, 0.2) is 42.5 Å². The van der Waals surface area contributed by atoms with Crippen molar-refractivity contribution in [2.24, 2.45) is 0 Å². The molecule has 0 fully saturated rings. The standard InChI is InChI=1S/C16H16FNO3/c1-3-21-15-10-12(17)6-9-14(15)18-16(19)11-4-7-13(20-2)8-5-11/h4-10H,3H2,1-2H3,(H,18,19). The van der Waals surface area contributed by atoms with Gasteiger partial charge in [-0.3, -0.25) is 4.79 Å². The third-order valence-corrected chi connectivity index (χ3v) is 2.84. The molecule has 0 bridgehead atoms. The molecule has 0 heterocycles. The van der Waals surface area contributed by atoms with E-state index in [9.17, 15) is 9.18 Å². The van der Waals surface area contributed by atoms with Gasteiger partial charge in [0.25, 0.3) is 5.91 Å². The van der Waals surface area contributed by atoms with Crippen molar-refractivity contribution in [3.63, 3.8) is 0 Å². The van der Waals surface area contributed by atoms with Crippen LogP contribution in [-0.2, 0) is 0 Å². The summed E-state index contributed by atoms with van der Waals surface area (Å²) in [4.78, 5) is 12.2. The maximum atomic E-state index is 13.2. The number of hydrogen-bond donors (Lipinski definition) is 1. The molecule has 0 radical (unpaired) electrons. The van der Waals surface area contributed by atoms with Crippen molar-refractivity contribution in [2.45, 2.75) is 6.92 Å². The minimum absolute atomic E-state index is 0.301. The third-order valence-electron chi connectivity index (χ3n) is 2.84. The summed E-state index contributed by atoms with van der Waals surface area (Å²) in [6, 6.07) is 10.7. The molecule has 21 heavy (non-hydrogen) atoms. The number of halogens is 1. The number of ether oxygens (including phenoxy) is 2. The molecule has 0 unspecified atom stereocenters. The molecule has 0 aliphatic carbocycles. The van der Waals surface area contributed by atoms with Crippen molar-refractivity contribution in [3.05, 3.63) is 53.8 Å². The van der Waals surface area contributed by atoms with E-state index >= 15 is 0 Å². The quantitative estimate of drug-likeness (QED) is 0.916. The molecule has 2 aromatic carbocycles. The van der Waals surface area contributed by atoms with E-state index < -0.39 is 5.82 Å². The smallest absolute Gasteiger partial charge is 0.255 e. The Hall–Kier alpha value is -2.56. The summed E-state index contributed by atoms with van der Waals surface area (Å²) in [5.74, 6) is 0.258. The largest absolute Gasteiger partial charge is 0.497 e. The Labute approximate surface area is 122 Å². The number of amides is 1. The third kappa shape index (κ3) is 3.72. The second-order valence-corrected chi connectivity index (χ2v) is 4.26. The molecule has 1 amide bonds. The fourth-order valence-electron chi connectivity index (χ4n) is 1.81. The van der Waals surface area contributed by atoms with Crippen molar-refractivity contribution in [2.75, 3.05) is 19.0 Å². The SMILES string of the molecule is CCOc1cc(F)ccc1NC(=O)c1ccc(OC)cc1. The lowest BCUT2D eigenvalue weighted by atomic mass is 10.2. The van der Waals surface area contributed by atoms with Gasteiger partial charge in [0.15, 0.2) is 0 Å². The fraction of sp³-hybridized carbons (Fsp3) is 0.188. The topological polar surface area (TPSA) is 47.6 Å². The number of rotatable bonds is 5. The van der Waals surface area contributed by atoms with Gasteiger partial charge in [0.2, 0.25) is 0 Å². The van der Waals surface area contributed by atoms with E-state index in [1.807, 2.05) is 0 Å². The summed E-state index contributed by atoms with van der Waals surface area (Å²) in [7, 11) is 1.56. The molecule has 0 atom stereocenters. The van der Waals surface area contributed by atoms with Crippen LogP contribution in [0.2, 0.25) is 0 Å². The summed E-state index contributed by atoms with van der Waals surface area (Å²) in [6.45, 7) is 2.18. The Balaban J connectivity index is 2.18. The Morgan fingerprint density at radius 1 is 1.19 bits per heavy atom. The van der Waals surface area contributed by atoms with Gasteiger partial charge in [-0.2, -0.15) is 0 Å². The molecule has 0 spiro atoms. The number of hydrogen-bond acceptors (Lipinski definition) is 3. The van der Waals surface area contributed by atoms with Crippen molar-refractivity contribution in [1.29, 1.82) is 0 Å². The number of carbonyl (C=O) groups excluding carboxylic acids is 1. The summed E-state index contributed by atoms with van der Waals surface area (Å²) >= 11 is 0. The zero-order valence-corrected chi connectivity index (χ0v) is 11.9. The second-order valence-electron chi connectivity index (χ2n) is 4.26. The highest BCUT2D eigenvalue weighted by molar-refractivity contribution is 6.05. The Bertz CT molecular complexity index is 626. The average molecular weight is 289 g/mol. The summed E-state index contributed by atoms with van der Waals surface area (Å²) in [6.07, 6.45) is 0. The minimum Gasteiger partial charge on any atom is -0.497 e. The van der Waals surface area contributed by atoms with Gasteiger partial charge in [-0.05, 0) is 43.3 Å². The van der Waals surface area contributed by atoms with Crippen LogP contribution in [0.25, 0.3) is 0 Å². The molecule has 110 valence electrons. The van der Waals surface area contributed by atoms with E-state index in [2.05, 4.69) is 5.32 Å². The Morgan fingerprint density at radius 3 is 2.52 bits per heavy atom. The fourth-order valence-corrected chi connectivity index (χ4v) is 1.81. The number of carbonyl (C=O) groups is 1. The molecule has 0 aliphatic rings. The number of anilines is 1. The molecule has 1 N–H and O–H groups in total. The summed E-state index contributed by atoms with van der Waals surface area (Å²) < 4.78 is 23.6. The van der Waals surface area contributed by atoms with Crippen molar-refractivity contribution in [3.8, 4) is 11.5 Å². The van der Waals surface area contributed by atoms with Crippen molar-refractivity contribution in [1.82, 2.24) is 0 Å². The van der Waals surface area contributed by atoms with E-state index in [1.165, 1.54) is 18.2 Å². The van der Waals surface area contributed by atoms with Crippen LogP contribution in [0.1, 0.15) is 17.3 Å². The molecule has 5 heteroatoms. The number of benzene rings is 2.